The van der Waals surface area contributed by atoms with Crippen molar-refractivity contribution in [2.24, 2.45) is 0 Å². The van der Waals surface area contributed by atoms with Crippen LogP contribution in [-0.2, 0) is 0 Å². The minimum absolute atomic E-state index is 0.144. The monoisotopic (exact) mass is 519 g/mol. The van der Waals surface area contributed by atoms with Gasteiger partial charge in [0, 0.05) is 16.8 Å². The number of benzene rings is 3. The highest BCUT2D eigenvalue weighted by Gasteiger charge is 2.18. The smallest absolute Gasteiger partial charge is 0.257 e. The van der Waals surface area contributed by atoms with E-state index in [4.69, 9.17) is 30.8 Å². The Morgan fingerprint density at radius 1 is 1.00 bits per heavy atom. The van der Waals surface area contributed by atoms with Gasteiger partial charge in [-0.25, -0.2) is 4.98 Å². The zero-order chi connectivity index (χ0) is 26.5. The number of anilines is 1. The third-order valence-corrected chi connectivity index (χ3v) is 6.34. The molecule has 0 saturated heterocycles. The summed E-state index contributed by atoms with van der Waals surface area (Å²) >= 11 is 5.34. The summed E-state index contributed by atoms with van der Waals surface area (Å²) in [6, 6.07) is 16.7. The number of hydrogen-bond donors (Lipinski definition) is 2. The van der Waals surface area contributed by atoms with Crippen molar-refractivity contribution in [1.29, 1.82) is 0 Å². The maximum absolute atomic E-state index is 12.8. The van der Waals surface area contributed by atoms with Crippen LogP contribution >= 0.6 is 12.2 Å². The van der Waals surface area contributed by atoms with Gasteiger partial charge in [0.15, 0.2) is 22.2 Å². The fourth-order valence-corrected chi connectivity index (χ4v) is 4.07. The highest BCUT2D eigenvalue weighted by molar-refractivity contribution is 7.80. The molecule has 0 aliphatic rings. The van der Waals surface area contributed by atoms with Crippen molar-refractivity contribution in [3.63, 3.8) is 0 Å². The minimum Gasteiger partial charge on any atom is -0.493 e. The lowest BCUT2D eigenvalue weighted by molar-refractivity contribution is 0.0977. The number of methoxy groups -OCH3 is 3. The lowest BCUT2D eigenvalue weighted by atomic mass is 9.98. The first kappa shape index (κ1) is 26.0. The van der Waals surface area contributed by atoms with Crippen molar-refractivity contribution in [1.82, 2.24) is 10.3 Å². The van der Waals surface area contributed by atoms with Gasteiger partial charge in [-0.05, 0) is 78.7 Å². The molecule has 1 unspecified atom stereocenters. The van der Waals surface area contributed by atoms with Crippen LogP contribution in [-0.4, -0.2) is 37.3 Å². The lowest BCUT2D eigenvalue weighted by Gasteiger charge is -2.14. The van der Waals surface area contributed by atoms with Crippen LogP contribution in [0.2, 0.25) is 0 Å². The molecule has 4 rings (SSSR count). The second kappa shape index (κ2) is 11.3. The van der Waals surface area contributed by atoms with Gasteiger partial charge in [-0.1, -0.05) is 19.9 Å². The first-order chi connectivity index (χ1) is 17.9. The topological polar surface area (TPSA) is 94.9 Å². The molecule has 1 aromatic heterocycles. The van der Waals surface area contributed by atoms with E-state index in [0.717, 1.165) is 23.1 Å². The van der Waals surface area contributed by atoms with Gasteiger partial charge in [0.05, 0.1) is 21.3 Å². The zero-order valence-corrected chi connectivity index (χ0v) is 22.2. The number of amides is 1. The van der Waals surface area contributed by atoms with E-state index in [1.165, 1.54) is 26.9 Å². The molecule has 9 heteroatoms. The van der Waals surface area contributed by atoms with Crippen LogP contribution in [0.1, 0.15) is 42.1 Å². The van der Waals surface area contributed by atoms with E-state index < -0.39 is 5.91 Å². The van der Waals surface area contributed by atoms with E-state index in [2.05, 4.69) is 41.6 Å². The first-order valence-corrected chi connectivity index (χ1v) is 12.2. The van der Waals surface area contributed by atoms with Crippen molar-refractivity contribution >= 4 is 40.0 Å². The standard InChI is InChI=1S/C28H29N3O5S/c1-6-16(2)18-9-12-22-21(13-18)30-27(36-22)17-7-10-20(11-8-17)29-28(37)31-26(32)19-14-23(33-3)25(35-5)24(15-19)34-4/h7-16H,6H2,1-5H3,(H2,29,31,32,37). The normalized spacial score (nSPS) is 11.6. The van der Waals surface area contributed by atoms with Crippen LogP contribution in [0.3, 0.4) is 0 Å². The quantitative estimate of drug-likeness (QED) is 0.267. The molecular formula is C28H29N3O5S. The fraction of sp³-hybridized carbons (Fsp3) is 0.250. The molecule has 0 spiro atoms. The average molecular weight is 520 g/mol. The Morgan fingerprint density at radius 2 is 1.68 bits per heavy atom. The Labute approximate surface area is 220 Å². The van der Waals surface area contributed by atoms with Crippen LogP contribution in [0, 0.1) is 0 Å². The number of ether oxygens (including phenoxy) is 3. The van der Waals surface area contributed by atoms with Gasteiger partial charge >= 0.3 is 0 Å². The van der Waals surface area contributed by atoms with Crippen LogP contribution in [0.15, 0.2) is 59.0 Å². The molecule has 8 nitrogen and oxygen atoms in total. The summed E-state index contributed by atoms with van der Waals surface area (Å²) < 4.78 is 21.9. The summed E-state index contributed by atoms with van der Waals surface area (Å²) in [7, 11) is 4.47. The van der Waals surface area contributed by atoms with Gasteiger partial charge in [-0.3, -0.25) is 10.1 Å². The molecule has 0 saturated carbocycles. The van der Waals surface area contributed by atoms with Crippen LogP contribution < -0.4 is 24.8 Å². The SMILES string of the molecule is CCC(C)c1ccc2oc(-c3ccc(NC(=S)NC(=O)c4cc(OC)c(OC)c(OC)c4)cc3)nc2c1. The van der Waals surface area contributed by atoms with Gasteiger partial charge in [0.25, 0.3) is 5.91 Å². The van der Waals surface area contributed by atoms with Crippen LogP contribution in [0.4, 0.5) is 5.69 Å². The van der Waals surface area contributed by atoms with Crippen molar-refractivity contribution < 1.29 is 23.4 Å². The fourth-order valence-electron chi connectivity index (χ4n) is 3.86. The molecule has 0 aliphatic heterocycles. The van der Waals surface area contributed by atoms with E-state index in [1.54, 1.807) is 12.1 Å². The maximum atomic E-state index is 12.8. The molecular weight excluding hydrogens is 490 g/mol. The molecule has 0 bridgehead atoms. The summed E-state index contributed by atoms with van der Waals surface area (Å²) in [5.41, 5.74) is 4.68. The van der Waals surface area contributed by atoms with E-state index >= 15 is 0 Å². The van der Waals surface area contributed by atoms with Gasteiger partial charge in [-0.2, -0.15) is 0 Å². The average Bonchev–Trinajstić information content (AvgIpc) is 3.35. The molecule has 37 heavy (non-hydrogen) atoms. The van der Waals surface area contributed by atoms with E-state index in [-0.39, 0.29) is 5.11 Å². The van der Waals surface area contributed by atoms with Crippen molar-refractivity contribution in [2.45, 2.75) is 26.2 Å². The Kier molecular flexibility index (Phi) is 7.93. The van der Waals surface area contributed by atoms with Crippen LogP contribution in [0.25, 0.3) is 22.6 Å². The number of oxazole rings is 1. The molecule has 1 heterocycles. The predicted octanol–water partition coefficient (Wildman–Crippen LogP) is 6.16. The summed E-state index contributed by atoms with van der Waals surface area (Å²) in [6.07, 6.45) is 1.06. The molecule has 1 amide bonds. The second-order valence-corrected chi connectivity index (χ2v) is 8.86. The Balaban J connectivity index is 1.44. The third-order valence-electron chi connectivity index (χ3n) is 6.14. The van der Waals surface area contributed by atoms with Gasteiger partial charge in [0.2, 0.25) is 11.6 Å². The number of thiocarbonyl (C=S) groups is 1. The zero-order valence-electron chi connectivity index (χ0n) is 21.4. The number of carbonyl (C=O) groups excluding carboxylic acids is 1. The maximum Gasteiger partial charge on any atom is 0.257 e. The highest BCUT2D eigenvalue weighted by atomic mass is 32.1. The third kappa shape index (κ3) is 5.67. The summed E-state index contributed by atoms with van der Waals surface area (Å²) in [4.78, 5) is 17.4. The summed E-state index contributed by atoms with van der Waals surface area (Å²) in [6.45, 7) is 4.37. The number of nitrogens with one attached hydrogen (secondary N) is 2. The van der Waals surface area contributed by atoms with Crippen molar-refractivity contribution in [3.8, 4) is 28.7 Å². The molecule has 4 aromatic rings. The molecule has 2 N–H and O–H groups in total. The molecule has 0 aliphatic carbocycles. The van der Waals surface area contributed by atoms with Gasteiger partial charge < -0.3 is 23.9 Å². The number of rotatable bonds is 8. The number of fused-ring (bicyclic) bond motifs is 1. The predicted molar refractivity (Wildman–Crippen MR) is 148 cm³/mol. The minimum atomic E-state index is -0.420. The summed E-state index contributed by atoms with van der Waals surface area (Å²) in [5, 5.41) is 5.83. The largest absolute Gasteiger partial charge is 0.493 e. The first-order valence-electron chi connectivity index (χ1n) is 11.8. The van der Waals surface area contributed by atoms with E-state index in [9.17, 15) is 4.79 Å². The molecule has 3 aromatic carbocycles. The molecule has 0 radical (unpaired) electrons. The highest BCUT2D eigenvalue weighted by Crippen LogP contribution is 2.38. The molecule has 1 atom stereocenters. The number of hydrogen-bond acceptors (Lipinski definition) is 7. The Morgan fingerprint density at radius 3 is 2.27 bits per heavy atom. The molecule has 0 fully saturated rings. The number of aromatic nitrogens is 1. The van der Waals surface area contributed by atoms with Gasteiger partial charge in [0.1, 0.15) is 5.52 Å². The summed E-state index contributed by atoms with van der Waals surface area (Å²) in [5.74, 6) is 1.73. The molecule has 192 valence electrons. The van der Waals surface area contributed by atoms with Crippen molar-refractivity contribution in [2.75, 3.05) is 26.6 Å². The lowest BCUT2D eigenvalue weighted by Crippen LogP contribution is -2.34. The number of carbonyl (C=O) groups is 1. The second-order valence-electron chi connectivity index (χ2n) is 8.46. The van der Waals surface area contributed by atoms with E-state index in [0.29, 0.717) is 40.3 Å². The van der Waals surface area contributed by atoms with E-state index in [1.807, 2.05) is 30.3 Å². The van der Waals surface area contributed by atoms with Crippen molar-refractivity contribution in [3.05, 3.63) is 65.7 Å². The number of nitrogens with zero attached hydrogens (tertiary/aromatic N) is 1. The van der Waals surface area contributed by atoms with Crippen LogP contribution in [0.5, 0.6) is 17.2 Å². The van der Waals surface area contributed by atoms with Gasteiger partial charge in [-0.15, -0.1) is 0 Å². The Hall–Kier alpha value is -4.11. The Bertz CT molecular complexity index is 1410.